The molecule has 2 aromatic heterocycles. The zero-order valence-electron chi connectivity index (χ0n) is 11.0. The number of anilines is 2. The van der Waals surface area contributed by atoms with Gasteiger partial charge in [0.15, 0.2) is 0 Å². The second kappa shape index (κ2) is 5.87. The maximum atomic E-state index is 12.6. The van der Waals surface area contributed by atoms with Crippen LogP contribution in [0.2, 0.25) is 10.0 Å². The lowest BCUT2D eigenvalue weighted by molar-refractivity contribution is 0.248. The van der Waals surface area contributed by atoms with Crippen LogP contribution in [0.3, 0.4) is 0 Å². The lowest BCUT2D eigenvalue weighted by atomic mass is 10.2. The molecule has 0 N–H and O–H groups in total. The molecule has 2 amide bonds. The molecule has 1 aliphatic rings. The third kappa shape index (κ3) is 2.94. The molecule has 0 spiro atoms. The summed E-state index contributed by atoms with van der Waals surface area (Å²) in [4.78, 5) is 24.2. The molecule has 0 aliphatic carbocycles. The van der Waals surface area contributed by atoms with E-state index in [0.29, 0.717) is 34.8 Å². The normalized spacial score (nSPS) is 15.4. The fourth-order valence-corrected chi connectivity index (χ4v) is 2.43. The Kier molecular flexibility index (Phi) is 3.94. The Morgan fingerprint density at radius 2 is 1.33 bits per heavy atom. The fourth-order valence-electron chi connectivity index (χ4n) is 2.20. The van der Waals surface area contributed by atoms with Crippen LogP contribution in [0.1, 0.15) is 6.42 Å². The van der Waals surface area contributed by atoms with E-state index >= 15 is 0 Å². The van der Waals surface area contributed by atoms with E-state index in [9.17, 15) is 4.79 Å². The second-order valence-corrected chi connectivity index (χ2v) is 5.48. The lowest BCUT2D eigenvalue weighted by Crippen LogP contribution is -2.50. The molecule has 1 aliphatic heterocycles. The Labute approximate surface area is 132 Å². The second-order valence-electron chi connectivity index (χ2n) is 4.61. The minimum atomic E-state index is -0.147. The number of hydrogen-bond donors (Lipinski definition) is 0. The van der Waals surface area contributed by atoms with Crippen LogP contribution >= 0.6 is 23.2 Å². The van der Waals surface area contributed by atoms with E-state index in [1.165, 1.54) is 12.4 Å². The molecule has 5 nitrogen and oxygen atoms in total. The van der Waals surface area contributed by atoms with Crippen molar-refractivity contribution in [1.29, 1.82) is 0 Å². The molecular weight excluding hydrogens is 311 g/mol. The summed E-state index contributed by atoms with van der Waals surface area (Å²) >= 11 is 11.7. The first-order valence-corrected chi connectivity index (χ1v) is 7.23. The highest BCUT2D eigenvalue weighted by atomic mass is 35.5. The van der Waals surface area contributed by atoms with Gasteiger partial charge in [0.05, 0.1) is 10.0 Å². The van der Waals surface area contributed by atoms with Crippen molar-refractivity contribution in [3.05, 3.63) is 46.7 Å². The zero-order valence-corrected chi connectivity index (χ0v) is 12.6. The van der Waals surface area contributed by atoms with Gasteiger partial charge in [0, 0.05) is 25.5 Å². The average molecular weight is 323 g/mol. The van der Waals surface area contributed by atoms with E-state index in [2.05, 4.69) is 9.97 Å². The number of carbonyl (C=O) groups is 1. The van der Waals surface area contributed by atoms with Crippen molar-refractivity contribution in [3.8, 4) is 0 Å². The SMILES string of the molecule is O=C1N(c2ccc(Cl)cn2)CCCN1c1ccc(Cl)cn1. The summed E-state index contributed by atoms with van der Waals surface area (Å²) in [6, 6.07) is 6.76. The molecule has 108 valence electrons. The zero-order chi connectivity index (χ0) is 14.8. The molecule has 7 heteroatoms. The van der Waals surface area contributed by atoms with Gasteiger partial charge < -0.3 is 0 Å². The standard InChI is InChI=1S/C14H12Cl2N4O/c15-10-2-4-12(17-8-10)19-6-1-7-20(14(19)21)13-5-3-11(16)9-18-13/h2-5,8-9H,1,6-7H2. The molecule has 1 fully saturated rings. The summed E-state index contributed by atoms with van der Waals surface area (Å²) < 4.78 is 0. The van der Waals surface area contributed by atoms with Gasteiger partial charge in [-0.3, -0.25) is 9.80 Å². The third-order valence-electron chi connectivity index (χ3n) is 3.20. The van der Waals surface area contributed by atoms with Crippen molar-refractivity contribution in [3.63, 3.8) is 0 Å². The molecule has 2 aromatic rings. The van der Waals surface area contributed by atoms with Crippen molar-refractivity contribution in [2.24, 2.45) is 0 Å². The van der Waals surface area contributed by atoms with E-state index in [4.69, 9.17) is 23.2 Å². The van der Waals surface area contributed by atoms with Gasteiger partial charge in [-0.25, -0.2) is 14.8 Å². The van der Waals surface area contributed by atoms with Crippen LogP contribution in [-0.2, 0) is 0 Å². The number of hydrogen-bond acceptors (Lipinski definition) is 3. The average Bonchev–Trinajstić information content (AvgIpc) is 2.50. The topological polar surface area (TPSA) is 49.3 Å². The monoisotopic (exact) mass is 322 g/mol. The molecular formula is C14H12Cl2N4O. The summed E-state index contributed by atoms with van der Waals surface area (Å²) in [5.41, 5.74) is 0. The van der Waals surface area contributed by atoms with Crippen molar-refractivity contribution < 1.29 is 4.79 Å². The van der Waals surface area contributed by atoms with Crippen molar-refractivity contribution in [2.45, 2.75) is 6.42 Å². The predicted molar refractivity (Wildman–Crippen MR) is 83.2 cm³/mol. The van der Waals surface area contributed by atoms with Gasteiger partial charge in [0.25, 0.3) is 0 Å². The minimum absolute atomic E-state index is 0.147. The molecule has 0 aromatic carbocycles. The molecule has 0 saturated carbocycles. The molecule has 3 rings (SSSR count). The summed E-state index contributed by atoms with van der Waals surface area (Å²) in [5.74, 6) is 1.17. The largest absolute Gasteiger partial charge is 0.331 e. The van der Waals surface area contributed by atoms with Gasteiger partial charge >= 0.3 is 6.03 Å². The number of amides is 2. The number of carbonyl (C=O) groups excluding carboxylic acids is 1. The van der Waals surface area contributed by atoms with Gasteiger partial charge in [-0.15, -0.1) is 0 Å². The maximum Gasteiger partial charge on any atom is 0.331 e. The smallest absolute Gasteiger partial charge is 0.278 e. The van der Waals surface area contributed by atoms with E-state index in [1.807, 2.05) is 0 Å². The first kappa shape index (κ1) is 14.1. The fraction of sp³-hybridized carbons (Fsp3) is 0.214. The van der Waals surface area contributed by atoms with Crippen LogP contribution in [0.4, 0.5) is 16.4 Å². The van der Waals surface area contributed by atoms with Crippen LogP contribution in [0.15, 0.2) is 36.7 Å². The summed E-state index contributed by atoms with van der Waals surface area (Å²) in [5, 5.41) is 1.08. The highest BCUT2D eigenvalue weighted by Crippen LogP contribution is 2.23. The maximum absolute atomic E-state index is 12.6. The summed E-state index contributed by atoms with van der Waals surface area (Å²) in [7, 11) is 0. The van der Waals surface area contributed by atoms with Crippen LogP contribution in [0.25, 0.3) is 0 Å². The first-order valence-electron chi connectivity index (χ1n) is 6.47. The van der Waals surface area contributed by atoms with E-state index in [-0.39, 0.29) is 6.03 Å². The molecule has 21 heavy (non-hydrogen) atoms. The summed E-state index contributed by atoms with van der Waals surface area (Å²) in [6.45, 7) is 1.25. The number of urea groups is 1. The minimum Gasteiger partial charge on any atom is -0.278 e. The van der Waals surface area contributed by atoms with Crippen molar-refractivity contribution in [1.82, 2.24) is 9.97 Å². The Morgan fingerprint density at radius 3 is 1.71 bits per heavy atom. The van der Waals surface area contributed by atoms with Gasteiger partial charge in [-0.2, -0.15) is 0 Å². The number of rotatable bonds is 2. The Hall–Kier alpha value is -1.85. The highest BCUT2D eigenvalue weighted by Gasteiger charge is 2.29. The van der Waals surface area contributed by atoms with Crippen LogP contribution < -0.4 is 9.80 Å². The molecule has 0 bridgehead atoms. The Balaban J connectivity index is 1.86. The molecule has 0 atom stereocenters. The van der Waals surface area contributed by atoms with E-state index in [1.54, 1.807) is 34.1 Å². The predicted octanol–water partition coefficient (Wildman–Crippen LogP) is 3.62. The number of aromatic nitrogens is 2. The van der Waals surface area contributed by atoms with Crippen molar-refractivity contribution >= 4 is 40.9 Å². The lowest BCUT2D eigenvalue weighted by Gasteiger charge is -2.34. The van der Waals surface area contributed by atoms with Crippen LogP contribution in [0.5, 0.6) is 0 Å². The van der Waals surface area contributed by atoms with Gasteiger partial charge in [-0.1, -0.05) is 23.2 Å². The van der Waals surface area contributed by atoms with Crippen LogP contribution in [-0.4, -0.2) is 29.1 Å². The molecule has 0 unspecified atom stereocenters. The molecule has 3 heterocycles. The number of halogens is 2. The van der Waals surface area contributed by atoms with E-state index < -0.39 is 0 Å². The quantitative estimate of drug-likeness (QED) is 0.848. The van der Waals surface area contributed by atoms with Gasteiger partial charge in [-0.05, 0) is 30.7 Å². The Bertz CT molecular complexity index is 590. The highest BCUT2D eigenvalue weighted by molar-refractivity contribution is 6.30. The molecule has 1 saturated heterocycles. The number of pyridine rings is 2. The van der Waals surface area contributed by atoms with E-state index in [0.717, 1.165) is 6.42 Å². The first-order chi connectivity index (χ1) is 10.1. The van der Waals surface area contributed by atoms with Gasteiger partial charge in [0.2, 0.25) is 0 Å². The van der Waals surface area contributed by atoms with Gasteiger partial charge in [0.1, 0.15) is 11.6 Å². The van der Waals surface area contributed by atoms with Crippen LogP contribution in [0, 0.1) is 0 Å². The Morgan fingerprint density at radius 1 is 0.857 bits per heavy atom. The number of nitrogens with zero attached hydrogens (tertiary/aromatic N) is 4. The third-order valence-corrected chi connectivity index (χ3v) is 3.65. The summed E-state index contributed by atoms with van der Waals surface area (Å²) in [6.07, 6.45) is 3.90. The molecule has 0 radical (unpaired) electrons. The van der Waals surface area contributed by atoms with Crippen molar-refractivity contribution in [2.75, 3.05) is 22.9 Å².